The van der Waals surface area contributed by atoms with Gasteiger partial charge in [-0.2, -0.15) is 4.57 Å². The van der Waals surface area contributed by atoms with Crippen LogP contribution in [0.15, 0.2) is 60.8 Å². The van der Waals surface area contributed by atoms with E-state index < -0.39 is 11.7 Å². The predicted octanol–water partition coefficient (Wildman–Crippen LogP) is 6.03. The Balaban J connectivity index is 1.99. The van der Waals surface area contributed by atoms with Gasteiger partial charge < -0.3 is 14.8 Å². The first-order valence-corrected chi connectivity index (χ1v) is 11.0. The van der Waals surface area contributed by atoms with Crippen LogP contribution in [0.3, 0.4) is 0 Å². The highest BCUT2D eigenvalue weighted by Gasteiger charge is 2.21. The van der Waals surface area contributed by atoms with Gasteiger partial charge in [-0.1, -0.05) is 53.5 Å². The molecule has 1 amide bonds. The molecule has 0 atom stereocenters. The van der Waals surface area contributed by atoms with E-state index in [1.807, 2.05) is 57.3 Å². The Labute approximate surface area is 198 Å². The van der Waals surface area contributed by atoms with Crippen LogP contribution >= 0.6 is 23.2 Å². The molecule has 0 saturated heterocycles. The van der Waals surface area contributed by atoms with Gasteiger partial charge in [0.1, 0.15) is 17.9 Å². The number of amides is 1. The first-order chi connectivity index (χ1) is 15.2. The maximum absolute atomic E-state index is 12.3. The second-order valence-corrected chi connectivity index (χ2v) is 9.10. The average Bonchev–Trinajstić information content (AvgIpc) is 2.74. The lowest BCUT2D eigenvalue weighted by atomic mass is 10.0. The molecule has 0 aliphatic rings. The molecule has 2 aromatic carbocycles. The fourth-order valence-corrected chi connectivity index (χ4v) is 3.69. The van der Waals surface area contributed by atoms with E-state index in [1.54, 1.807) is 19.2 Å². The molecular weight excluding hydrogens is 447 g/mol. The largest absolute Gasteiger partial charge is 0.496 e. The van der Waals surface area contributed by atoms with Gasteiger partial charge in [-0.3, -0.25) is 0 Å². The van der Waals surface area contributed by atoms with Crippen molar-refractivity contribution in [1.29, 1.82) is 0 Å². The van der Waals surface area contributed by atoms with Crippen molar-refractivity contribution >= 4 is 29.3 Å². The highest BCUT2D eigenvalue weighted by Crippen LogP contribution is 2.40. The van der Waals surface area contributed by atoms with E-state index in [1.165, 1.54) is 0 Å². The second-order valence-electron chi connectivity index (χ2n) is 8.31. The number of ether oxygens (including phenoxy) is 2. The van der Waals surface area contributed by atoms with Crippen molar-refractivity contribution in [3.05, 3.63) is 82.1 Å². The molecule has 0 aliphatic heterocycles. The van der Waals surface area contributed by atoms with E-state index in [0.29, 0.717) is 27.9 Å². The average molecular weight is 474 g/mol. The molecule has 1 N–H and O–H groups in total. The molecule has 32 heavy (non-hydrogen) atoms. The molecule has 7 heteroatoms. The molecule has 5 nitrogen and oxygen atoms in total. The van der Waals surface area contributed by atoms with Crippen LogP contribution in [0.1, 0.15) is 32.0 Å². The minimum atomic E-state index is -0.576. The maximum atomic E-state index is 12.3. The summed E-state index contributed by atoms with van der Waals surface area (Å²) in [7, 11) is 1.59. The van der Waals surface area contributed by atoms with Crippen LogP contribution in [0.5, 0.6) is 5.75 Å². The second kappa shape index (κ2) is 10.2. The lowest BCUT2D eigenvalue weighted by Crippen LogP contribution is -2.42. The van der Waals surface area contributed by atoms with Crippen LogP contribution in [0.2, 0.25) is 10.0 Å². The Bertz CT molecular complexity index is 1100. The molecule has 0 saturated carbocycles. The number of methoxy groups -OCH3 is 1. The SMILES string of the molecule is COc1ccc(Cl)c(Cl)c1-c1cc[n+](Cc2ccccc2)c(CNC(=O)OC(C)(C)C)c1. The van der Waals surface area contributed by atoms with E-state index >= 15 is 0 Å². The van der Waals surface area contributed by atoms with Crippen molar-refractivity contribution in [2.24, 2.45) is 0 Å². The molecule has 0 unspecified atom stereocenters. The highest BCUT2D eigenvalue weighted by atomic mass is 35.5. The zero-order valence-electron chi connectivity index (χ0n) is 18.6. The van der Waals surface area contributed by atoms with Gasteiger partial charge in [0.15, 0.2) is 12.7 Å². The smallest absolute Gasteiger partial charge is 0.408 e. The van der Waals surface area contributed by atoms with Gasteiger partial charge in [-0.15, -0.1) is 0 Å². The van der Waals surface area contributed by atoms with Crippen LogP contribution < -0.4 is 14.6 Å². The number of benzene rings is 2. The molecule has 0 bridgehead atoms. The molecule has 3 aromatic rings. The van der Waals surface area contributed by atoms with Gasteiger partial charge in [0.2, 0.25) is 5.69 Å². The van der Waals surface area contributed by atoms with Gasteiger partial charge >= 0.3 is 6.09 Å². The molecule has 0 spiro atoms. The van der Waals surface area contributed by atoms with Crippen LogP contribution in [0.4, 0.5) is 4.79 Å². The van der Waals surface area contributed by atoms with Crippen LogP contribution in [0.25, 0.3) is 11.1 Å². The summed E-state index contributed by atoms with van der Waals surface area (Å²) in [5.41, 5.74) is 2.97. The van der Waals surface area contributed by atoms with Gasteiger partial charge in [-0.05, 0) is 38.5 Å². The van der Waals surface area contributed by atoms with Gasteiger partial charge in [0.05, 0.1) is 17.2 Å². The number of nitrogens with zero attached hydrogens (tertiary/aromatic N) is 1. The van der Waals surface area contributed by atoms with Crippen molar-refractivity contribution in [2.45, 2.75) is 39.5 Å². The number of hydrogen-bond acceptors (Lipinski definition) is 3. The zero-order chi connectivity index (χ0) is 23.3. The molecule has 0 radical (unpaired) electrons. The van der Waals surface area contributed by atoms with E-state index in [9.17, 15) is 4.79 Å². The predicted molar refractivity (Wildman–Crippen MR) is 127 cm³/mol. The zero-order valence-corrected chi connectivity index (χ0v) is 20.1. The summed E-state index contributed by atoms with van der Waals surface area (Å²) in [5, 5.41) is 3.70. The highest BCUT2D eigenvalue weighted by molar-refractivity contribution is 6.44. The monoisotopic (exact) mass is 473 g/mol. The number of nitrogens with one attached hydrogen (secondary N) is 1. The molecule has 3 rings (SSSR count). The number of carbonyl (C=O) groups excluding carboxylic acids is 1. The number of pyridine rings is 1. The molecular formula is C25H27Cl2N2O3+. The summed E-state index contributed by atoms with van der Waals surface area (Å²) in [6.45, 7) is 6.41. The Hall–Kier alpha value is -2.76. The Kier molecular flexibility index (Phi) is 7.64. The third-order valence-electron chi connectivity index (χ3n) is 4.70. The van der Waals surface area contributed by atoms with Crippen molar-refractivity contribution in [3.8, 4) is 16.9 Å². The van der Waals surface area contributed by atoms with Crippen LogP contribution in [-0.4, -0.2) is 18.8 Å². The van der Waals surface area contributed by atoms with Crippen molar-refractivity contribution < 1.29 is 18.8 Å². The minimum Gasteiger partial charge on any atom is -0.496 e. The Morgan fingerprint density at radius 3 is 2.44 bits per heavy atom. The van der Waals surface area contributed by atoms with E-state index in [4.69, 9.17) is 32.7 Å². The number of carbonyl (C=O) groups is 1. The van der Waals surface area contributed by atoms with Crippen LogP contribution in [0, 0.1) is 0 Å². The lowest BCUT2D eigenvalue weighted by molar-refractivity contribution is -0.695. The Morgan fingerprint density at radius 1 is 1.06 bits per heavy atom. The summed E-state index contributed by atoms with van der Waals surface area (Å²) < 4.78 is 13.0. The number of rotatable bonds is 6. The molecule has 0 aliphatic carbocycles. The normalized spacial score (nSPS) is 11.2. The lowest BCUT2D eigenvalue weighted by Gasteiger charge is -2.19. The van der Waals surface area contributed by atoms with Gasteiger partial charge in [-0.25, -0.2) is 4.79 Å². The quantitative estimate of drug-likeness (QED) is 0.444. The van der Waals surface area contributed by atoms with Crippen molar-refractivity contribution in [1.82, 2.24) is 5.32 Å². The summed E-state index contributed by atoms with van der Waals surface area (Å²) in [5.74, 6) is 0.617. The Morgan fingerprint density at radius 2 is 1.78 bits per heavy atom. The first kappa shape index (κ1) is 23.9. The van der Waals surface area contributed by atoms with Gasteiger partial charge in [0, 0.05) is 23.3 Å². The topological polar surface area (TPSA) is 51.4 Å². The van der Waals surface area contributed by atoms with E-state index in [-0.39, 0.29) is 6.54 Å². The molecule has 0 fully saturated rings. The molecule has 1 heterocycles. The summed E-state index contributed by atoms with van der Waals surface area (Å²) >= 11 is 12.8. The maximum Gasteiger partial charge on any atom is 0.408 e. The summed E-state index contributed by atoms with van der Waals surface area (Å²) in [6.07, 6.45) is 1.48. The van der Waals surface area contributed by atoms with Gasteiger partial charge in [0.25, 0.3) is 0 Å². The van der Waals surface area contributed by atoms with Crippen molar-refractivity contribution in [3.63, 3.8) is 0 Å². The number of halogens is 2. The third-order valence-corrected chi connectivity index (χ3v) is 5.50. The number of hydrogen-bond donors (Lipinski definition) is 1. The standard InChI is InChI=1S/C25H26Cl2N2O3/c1-25(2,3)32-24(30)28-15-19-14-18(22-21(31-4)11-10-20(26)23(22)27)12-13-29(19)16-17-8-6-5-7-9-17/h5-14H,15-16H2,1-4H3/p+1. The summed E-state index contributed by atoms with van der Waals surface area (Å²) in [4.78, 5) is 12.3. The molecule has 168 valence electrons. The summed E-state index contributed by atoms with van der Waals surface area (Å²) in [6, 6.07) is 17.5. The van der Waals surface area contributed by atoms with Crippen molar-refractivity contribution in [2.75, 3.05) is 7.11 Å². The van der Waals surface area contributed by atoms with Crippen LogP contribution in [-0.2, 0) is 17.8 Å². The number of aromatic nitrogens is 1. The number of alkyl carbamates (subject to hydrolysis) is 1. The van der Waals surface area contributed by atoms with E-state index in [2.05, 4.69) is 22.0 Å². The minimum absolute atomic E-state index is 0.274. The first-order valence-electron chi connectivity index (χ1n) is 10.2. The van der Waals surface area contributed by atoms with E-state index in [0.717, 1.165) is 16.8 Å². The molecule has 1 aromatic heterocycles. The third kappa shape index (κ3) is 6.15. The fourth-order valence-electron chi connectivity index (χ4n) is 3.27. The fraction of sp³-hybridized carbons (Fsp3) is 0.280.